The van der Waals surface area contributed by atoms with Gasteiger partial charge in [0.2, 0.25) is 0 Å². The van der Waals surface area contributed by atoms with E-state index < -0.39 is 0 Å². The molecule has 3 heteroatoms. The summed E-state index contributed by atoms with van der Waals surface area (Å²) in [5.74, 6) is 0. The lowest BCUT2D eigenvalue weighted by molar-refractivity contribution is 0.277. The number of fused-ring (bicyclic) bond motifs is 1. The molecule has 2 rings (SSSR count). The van der Waals surface area contributed by atoms with Crippen LogP contribution in [0, 0.1) is 0 Å². The minimum atomic E-state index is 1.03. The van der Waals surface area contributed by atoms with Crippen molar-refractivity contribution in [3.63, 3.8) is 0 Å². The molecule has 0 amide bonds. The van der Waals surface area contributed by atoms with Crippen LogP contribution >= 0.6 is 0 Å². The highest BCUT2D eigenvalue weighted by Gasteiger charge is 2.07. The lowest BCUT2D eigenvalue weighted by atomic mass is 10.1. The molecular formula is C15H23N3. The van der Waals surface area contributed by atoms with Gasteiger partial charge in [-0.3, -0.25) is 5.10 Å². The third-order valence-electron chi connectivity index (χ3n) is 3.29. The Kier molecular flexibility index (Phi) is 4.76. The first kappa shape index (κ1) is 13.1. The topological polar surface area (TPSA) is 31.9 Å². The van der Waals surface area contributed by atoms with Gasteiger partial charge in [0.15, 0.2) is 0 Å². The van der Waals surface area contributed by atoms with Crippen LogP contribution in [0.2, 0.25) is 0 Å². The molecule has 0 bridgehead atoms. The summed E-state index contributed by atoms with van der Waals surface area (Å²) in [4.78, 5) is 2.53. The average molecular weight is 245 g/mol. The molecule has 0 saturated heterocycles. The number of nitrogens with zero attached hydrogens (tertiary/aromatic N) is 2. The Morgan fingerprint density at radius 2 is 1.78 bits per heavy atom. The van der Waals surface area contributed by atoms with E-state index >= 15 is 0 Å². The molecule has 0 atom stereocenters. The van der Waals surface area contributed by atoms with Gasteiger partial charge in [-0.05, 0) is 32.0 Å². The van der Waals surface area contributed by atoms with Crippen molar-refractivity contribution < 1.29 is 0 Å². The van der Waals surface area contributed by atoms with Crippen LogP contribution in [0.15, 0.2) is 24.3 Å². The van der Waals surface area contributed by atoms with Crippen molar-refractivity contribution in [1.29, 1.82) is 0 Å². The Hall–Kier alpha value is -1.35. The molecule has 1 N–H and O–H groups in total. The standard InChI is InChI=1S/C15H23N3/c1-3-10-18(11-4-2)12-9-15-13-7-5-6-8-14(13)16-17-15/h5-8H,3-4,9-12H2,1-2H3,(H,16,17). The van der Waals surface area contributed by atoms with E-state index in [4.69, 9.17) is 0 Å². The molecule has 0 unspecified atom stereocenters. The summed E-state index contributed by atoms with van der Waals surface area (Å²) >= 11 is 0. The van der Waals surface area contributed by atoms with Crippen LogP contribution in [0.3, 0.4) is 0 Å². The number of hydrogen-bond donors (Lipinski definition) is 1. The zero-order valence-electron chi connectivity index (χ0n) is 11.4. The first-order valence-electron chi connectivity index (χ1n) is 6.99. The van der Waals surface area contributed by atoms with Crippen LogP contribution < -0.4 is 0 Å². The van der Waals surface area contributed by atoms with E-state index in [9.17, 15) is 0 Å². The molecule has 0 radical (unpaired) electrons. The number of H-pyrrole nitrogens is 1. The first-order valence-corrected chi connectivity index (χ1v) is 6.99. The van der Waals surface area contributed by atoms with Crippen LogP contribution in [-0.2, 0) is 6.42 Å². The van der Waals surface area contributed by atoms with Gasteiger partial charge in [0, 0.05) is 18.4 Å². The molecule has 2 aromatic rings. The first-order chi connectivity index (χ1) is 8.85. The Labute approximate surface area is 109 Å². The summed E-state index contributed by atoms with van der Waals surface area (Å²) in [5, 5.41) is 8.81. The zero-order chi connectivity index (χ0) is 12.8. The molecule has 98 valence electrons. The molecular weight excluding hydrogens is 222 g/mol. The molecule has 18 heavy (non-hydrogen) atoms. The van der Waals surface area contributed by atoms with Crippen molar-refractivity contribution in [3.05, 3.63) is 30.0 Å². The number of hydrogen-bond acceptors (Lipinski definition) is 2. The lowest BCUT2D eigenvalue weighted by Gasteiger charge is -2.20. The maximum Gasteiger partial charge on any atom is 0.0713 e. The Bertz CT molecular complexity index is 469. The van der Waals surface area contributed by atoms with Gasteiger partial charge in [-0.15, -0.1) is 0 Å². The summed E-state index contributed by atoms with van der Waals surface area (Å²) in [7, 11) is 0. The summed E-state index contributed by atoms with van der Waals surface area (Å²) in [5.41, 5.74) is 2.34. The van der Waals surface area contributed by atoms with Gasteiger partial charge >= 0.3 is 0 Å². The molecule has 1 heterocycles. The largest absolute Gasteiger partial charge is 0.303 e. The van der Waals surface area contributed by atoms with Crippen LogP contribution in [0.1, 0.15) is 32.4 Å². The van der Waals surface area contributed by atoms with E-state index in [0.717, 1.165) is 18.5 Å². The highest BCUT2D eigenvalue weighted by atomic mass is 15.1. The fourth-order valence-electron chi connectivity index (χ4n) is 2.44. The quantitative estimate of drug-likeness (QED) is 0.812. The highest BCUT2D eigenvalue weighted by Crippen LogP contribution is 2.15. The second-order valence-electron chi connectivity index (χ2n) is 4.81. The normalized spacial score (nSPS) is 11.5. The lowest BCUT2D eigenvalue weighted by Crippen LogP contribution is -2.27. The molecule has 1 aromatic carbocycles. The number of aromatic nitrogens is 2. The predicted octanol–water partition coefficient (Wildman–Crippen LogP) is 3.23. The van der Waals surface area contributed by atoms with Gasteiger partial charge < -0.3 is 4.90 Å². The number of para-hydroxylation sites is 1. The average Bonchev–Trinajstić information content (AvgIpc) is 2.80. The van der Waals surface area contributed by atoms with Crippen molar-refractivity contribution in [2.45, 2.75) is 33.1 Å². The monoisotopic (exact) mass is 245 g/mol. The van der Waals surface area contributed by atoms with E-state index in [0.29, 0.717) is 0 Å². The fraction of sp³-hybridized carbons (Fsp3) is 0.533. The molecule has 0 aliphatic rings. The van der Waals surface area contributed by atoms with Crippen molar-refractivity contribution in [2.24, 2.45) is 0 Å². The maximum absolute atomic E-state index is 4.44. The minimum Gasteiger partial charge on any atom is -0.303 e. The molecule has 0 aliphatic carbocycles. The SMILES string of the molecule is CCCN(CCC)CCc1n[nH]c2ccccc12. The van der Waals surface area contributed by atoms with Crippen molar-refractivity contribution in [1.82, 2.24) is 15.1 Å². The van der Waals surface area contributed by atoms with E-state index in [1.807, 2.05) is 6.07 Å². The van der Waals surface area contributed by atoms with E-state index in [-0.39, 0.29) is 0 Å². The third-order valence-corrected chi connectivity index (χ3v) is 3.29. The number of benzene rings is 1. The van der Waals surface area contributed by atoms with Gasteiger partial charge in [0.1, 0.15) is 0 Å². The fourth-order valence-corrected chi connectivity index (χ4v) is 2.44. The predicted molar refractivity (Wildman–Crippen MR) is 76.8 cm³/mol. The third kappa shape index (κ3) is 3.10. The zero-order valence-corrected chi connectivity index (χ0v) is 11.4. The van der Waals surface area contributed by atoms with E-state index in [2.05, 4.69) is 47.1 Å². The van der Waals surface area contributed by atoms with Gasteiger partial charge in [0.05, 0.1) is 11.2 Å². The Balaban J connectivity index is 2.00. The minimum absolute atomic E-state index is 1.03. The second-order valence-corrected chi connectivity index (χ2v) is 4.81. The summed E-state index contributed by atoms with van der Waals surface area (Å²) < 4.78 is 0. The summed E-state index contributed by atoms with van der Waals surface area (Å²) in [6, 6.07) is 8.36. The number of rotatable bonds is 7. The van der Waals surface area contributed by atoms with E-state index in [1.165, 1.54) is 37.0 Å². The Morgan fingerprint density at radius 3 is 2.50 bits per heavy atom. The van der Waals surface area contributed by atoms with Gasteiger partial charge in [0.25, 0.3) is 0 Å². The molecule has 0 aliphatic heterocycles. The van der Waals surface area contributed by atoms with Crippen LogP contribution in [0.4, 0.5) is 0 Å². The van der Waals surface area contributed by atoms with Crippen LogP contribution in [0.5, 0.6) is 0 Å². The molecule has 1 aromatic heterocycles. The maximum atomic E-state index is 4.44. The summed E-state index contributed by atoms with van der Waals surface area (Å²) in [6.45, 7) is 7.97. The number of nitrogens with one attached hydrogen (secondary N) is 1. The van der Waals surface area contributed by atoms with Gasteiger partial charge in [-0.25, -0.2) is 0 Å². The molecule has 0 fully saturated rings. The van der Waals surface area contributed by atoms with Crippen molar-refractivity contribution in [3.8, 4) is 0 Å². The van der Waals surface area contributed by atoms with E-state index in [1.54, 1.807) is 0 Å². The van der Waals surface area contributed by atoms with Crippen LogP contribution in [0.25, 0.3) is 10.9 Å². The van der Waals surface area contributed by atoms with Crippen molar-refractivity contribution in [2.75, 3.05) is 19.6 Å². The molecule has 0 spiro atoms. The molecule has 3 nitrogen and oxygen atoms in total. The van der Waals surface area contributed by atoms with Gasteiger partial charge in [-0.1, -0.05) is 32.0 Å². The second kappa shape index (κ2) is 6.55. The molecule has 0 saturated carbocycles. The van der Waals surface area contributed by atoms with Crippen LogP contribution in [-0.4, -0.2) is 34.7 Å². The Morgan fingerprint density at radius 1 is 1.06 bits per heavy atom. The van der Waals surface area contributed by atoms with Gasteiger partial charge in [-0.2, -0.15) is 5.10 Å². The smallest absolute Gasteiger partial charge is 0.0713 e. The summed E-state index contributed by atoms with van der Waals surface area (Å²) in [6.07, 6.45) is 3.48. The highest BCUT2D eigenvalue weighted by molar-refractivity contribution is 5.81. The number of aromatic amines is 1. The van der Waals surface area contributed by atoms with Crippen molar-refractivity contribution >= 4 is 10.9 Å².